The molecule has 0 spiro atoms. The van der Waals surface area contributed by atoms with Crippen molar-refractivity contribution in [1.82, 2.24) is 4.90 Å². The molecule has 0 fully saturated rings. The first-order valence-electron chi connectivity index (χ1n) is 9.54. The molecule has 1 aliphatic rings. The van der Waals surface area contributed by atoms with Crippen LogP contribution >= 0.6 is 11.3 Å². The summed E-state index contributed by atoms with van der Waals surface area (Å²) in [5.41, 5.74) is 2.56. The highest BCUT2D eigenvalue weighted by atomic mass is 32.1. The number of rotatable bonds is 6. The van der Waals surface area contributed by atoms with Crippen LogP contribution in [0.3, 0.4) is 0 Å². The lowest BCUT2D eigenvalue weighted by Crippen LogP contribution is -2.40. The van der Waals surface area contributed by atoms with Gasteiger partial charge in [0, 0.05) is 23.6 Å². The molecule has 1 aliphatic heterocycles. The fourth-order valence-electron chi connectivity index (χ4n) is 3.85. The molecule has 2 heterocycles. The number of nitrogens with one attached hydrogen (secondary N) is 1. The molecule has 7 nitrogen and oxygen atoms in total. The van der Waals surface area contributed by atoms with Gasteiger partial charge in [0.1, 0.15) is 5.75 Å². The van der Waals surface area contributed by atoms with Gasteiger partial charge in [0.2, 0.25) is 5.91 Å². The number of carbonyl (C=O) groups is 1. The van der Waals surface area contributed by atoms with Crippen LogP contribution in [0.2, 0.25) is 0 Å². The summed E-state index contributed by atoms with van der Waals surface area (Å²) in [6, 6.07) is 16.4. The topological polar surface area (TPSA) is 84.7 Å². The Hall–Kier alpha value is -3.23. The highest BCUT2D eigenvalue weighted by molar-refractivity contribution is 7.10. The standard InChI is InChI=1S/C22H21N3O4S/c1-29-19-8-7-16(25(27)28)13-18(19)23-21(26)14-24-11-9-20-17(10-12-30-20)22(24)15-5-3-2-4-6-15/h2-8,10,12-13,22H,9,11,14H2,1H3,(H,23,26). The van der Waals surface area contributed by atoms with Crippen molar-refractivity contribution in [2.75, 3.05) is 25.5 Å². The molecule has 2 aromatic carbocycles. The van der Waals surface area contributed by atoms with Crippen molar-refractivity contribution in [2.24, 2.45) is 0 Å². The van der Waals surface area contributed by atoms with Crippen molar-refractivity contribution >= 4 is 28.6 Å². The van der Waals surface area contributed by atoms with Crippen molar-refractivity contribution in [3.8, 4) is 5.75 Å². The van der Waals surface area contributed by atoms with Crippen LogP contribution < -0.4 is 10.1 Å². The van der Waals surface area contributed by atoms with Crippen molar-refractivity contribution in [3.05, 3.63) is 86.1 Å². The number of fused-ring (bicyclic) bond motifs is 1. The van der Waals surface area contributed by atoms with Gasteiger partial charge in [-0.15, -0.1) is 11.3 Å². The molecular formula is C22H21N3O4S. The maximum absolute atomic E-state index is 12.9. The molecule has 0 bridgehead atoms. The van der Waals surface area contributed by atoms with Crippen LogP contribution in [0.1, 0.15) is 22.0 Å². The van der Waals surface area contributed by atoms with Crippen LogP contribution in [0.15, 0.2) is 60.0 Å². The predicted octanol–water partition coefficient (Wildman–Crippen LogP) is 4.25. The molecule has 30 heavy (non-hydrogen) atoms. The molecule has 0 saturated carbocycles. The Morgan fingerprint density at radius 2 is 2.07 bits per heavy atom. The zero-order chi connectivity index (χ0) is 21.1. The average molecular weight is 423 g/mol. The monoisotopic (exact) mass is 423 g/mol. The van der Waals surface area contributed by atoms with Gasteiger partial charge in [-0.3, -0.25) is 19.8 Å². The first-order valence-corrected chi connectivity index (χ1v) is 10.4. The number of methoxy groups -OCH3 is 1. The van der Waals surface area contributed by atoms with Crippen molar-refractivity contribution < 1.29 is 14.5 Å². The highest BCUT2D eigenvalue weighted by Crippen LogP contribution is 2.37. The number of benzene rings is 2. The third-order valence-electron chi connectivity index (χ3n) is 5.20. The minimum atomic E-state index is -0.497. The molecule has 4 rings (SSSR count). The van der Waals surface area contributed by atoms with E-state index in [4.69, 9.17) is 4.74 Å². The predicted molar refractivity (Wildman–Crippen MR) is 116 cm³/mol. The number of non-ortho nitro benzene ring substituents is 1. The van der Waals surface area contributed by atoms with Gasteiger partial charge in [0.25, 0.3) is 5.69 Å². The molecule has 154 valence electrons. The fraction of sp³-hybridized carbons (Fsp3) is 0.227. The molecule has 1 aromatic heterocycles. The van der Waals surface area contributed by atoms with E-state index in [2.05, 4.69) is 33.8 Å². The SMILES string of the molecule is COc1ccc([N+](=O)[O-])cc1NC(=O)CN1CCc2sccc2C1c1ccccc1. The van der Waals surface area contributed by atoms with E-state index in [9.17, 15) is 14.9 Å². The summed E-state index contributed by atoms with van der Waals surface area (Å²) in [5.74, 6) is 0.140. The van der Waals surface area contributed by atoms with Gasteiger partial charge in [0.05, 0.1) is 30.3 Å². The molecule has 0 aliphatic carbocycles. The van der Waals surface area contributed by atoms with Crippen LogP contribution in [0.25, 0.3) is 0 Å². The van der Waals surface area contributed by atoms with Gasteiger partial charge in [-0.05, 0) is 35.1 Å². The quantitative estimate of drug-likeness (QED) is 0.473. The fourth-order valence-corrected chi connectivity index (χ4v) is 4.75. The number of hydrogen-bond acceptors (Lipinski definition) is 6. The molecule has 8 heteroatoms. The van der Waals surface area contributed by atoms with E-state index in [1.807, 2.05) is 18.2 Å². The van der Waals surface area contributed by atoms with Gasteiger partial charge in [0.15, 0.2) is 0 Å². The Kier molecular flexibility index (Phi) is 5.78. The first kappa shape index (κ1) is 20.1. The summed E-state index contributed by atoms with van der Waals surface area (Å²) in [5, 5.41) is 16.0. The van der Waals surface area contributed by atoms with E-state index in [0.29, 0.717) is 11.4 Å². The summed E-state index contributed by atoms with van der Waals surface area (Å²) in [7, 11) is 1.46. The molecule has 1 amide bonds. The van der Waals surface area contributed by atoms with Gasteiger partial charge in [-0.2, -0.15) is 0 Å². The summed E-state index contributed by atoms with van der Waals surface area (Å²) in [6.45, 7) is 0.924. The number of amides is 1. The molecule has 1 unspecified atom stereocenters. The highest BCUT2D eigenvalue weighted by Gasteiger charge is 2.31. The lowest BCUT2D eigenvalue weighted by molar-refractivity contribution is -0.384. The van der Waals surface area contributed by atoms with Crippen LogP contribution in [0.4, 0.5) is 11.4 Å². The minimum absolute atomic E-state index is 0.000968. The largest absolute Gasteiger partial charge is 0.495 e. The van der Waals surface area contributed by atoms with Gasteiger partial charge in [-0.1, -0.05) is 30.3 Å². The van der Waals surface area contributed by atoms with E-state index < -0.39 is 4.92 Å². The molecule has 0 saturated heterocycles. The summed E-state index contributed by atoms with van der Waals surface area (Å²) < 4.78 is 5.25. The summed E-state index contributed by atoms with van der Waals surface area (Å²) in [6.07, 6.45) is 0.893. The minimum Gasteiger partial charge on any atom is -0.495 e. The third kappa shape index (κ3) is 4.05. The van der Waals surface area contributed by atoms with Gasteiger partial charge < -0.3 is 10.1 Å². The van der Waals surface area contributed by atoms with Crippen molar-refractivity contribution in [2.45, 2.75) is 12.5 Å². The summed E-state index contributed by atoms with van der Waals surface area (Å²) >= 11 is 1.75. The zero-order valence-electron chi connectivity index (χ0n) is 16.4. The van der Waals surface area contributed by atoms with E-state index in [1.54, 1.807) is 11.3 Å². The van der Waals surface area contributed by atoms with Crippen LogP contribution in [-0.2, 0) is 11.2 Å². The van der Waals surface area contributed by atoms with Crippen LogP contribution in [0.5, 0.6) is 5.75 Å². The van der Waals surface area contributed by atoms with Gasteiger partial charge >= 0.3 is 0 Å². The first-order chi connectivity index (χ1) is 14.6. The van der Waals surface area contributed by atoms with E-state index in [-0.39, 0.29) is 24.2 Å². The van der Waals surface area contributed by atoms with Gasteiger partial charge in [-0.25, -0.2) is 0 Å². The smallest absolute Gasteiger partial charge is 0.271 e. The van der Waals surface area contributed by atoms with Crippen molar-refractivity contribution in [1.29, 1.82) is 0 Å². The maximum Gasteiger partial charge on any atom is 0.271 e. The van der Waals surface area contributed by atoms with E-state index >= 15 is 0 Å². The lowest BCUT2D eigenvalue weighted by atomic mass is 9.93. The number of hydrogen-bond donors (Lipinski definition) is 1. The number of nitro benzene ring substituents is 1. The van der Waals surface area contributed by atoms with E-state index in [0.717, 1.165) is 18.5 Å². The van der Waals surface area contributed by atoms with Crippen LogP contribution in [-0.4, -0.2) is 35.9 Å². The van der Waals surface area contributed by atoms with E-state index in [1.165, 1.54) is 35.7 Å². The lowest BCUT2D eigenvalue weighted by Gasteiger charge is -2.35. The number of carbonyl (C=O) groups excluding carboxylic acids is 1. The number of nitro groups is 1. The Morgan fingerprint density at radius 3 is 2.80 bits per heavy atom. The average Bonchev–Trinajstić information content (AvgIpc) is 3.22. The number of anilines is 1. The summed E-state index contributed by atoms with van der Waals surface area (Å²) in [4.78, 5) is 27.0. The molecule has 1 N–H and O–H groups in total. The molecule has 3 aromatic rings. The second-order valence-corrected chi connectivity index (χ2v) is 8.02. The second kappa shape index (κ2) is 8.64. The Bertz CT molecular complexity index is 1070. The molecular weight excluding hydrogens is 402 g/mol. The normalized spacial score (nSPS) is 16.0. The Morgan fingerprint density at radius 1 is 1.27 bits per heavy atom. The third-order valence-corrected chi connectivity index (χ3v) is 6.19. The molecule has 0 radical (unpaired) electrons. The van der Waals surface area contributed by atoms with Crippen LogP contribution in [0, 0.1) is 10.1 Å². The second-order valence-electron chi connectivity index (χ2n) is 7.02. The Labute approximate surface area is 178 Å². The Balaban J connectivity index is 1.57. The number of ether oxygens (including phenoxy) is 1. The zero-order valence-corrected chi connectivity index (χ0v) is 17.2. The number of nitrogens with zero attached hydrogens (tertiary/aromatic N) is 2. The molecule has 1 atom stereocenters. The van der Waals surface area contributed by atoms with Crippen molar-refractivity contribution in [3.63, 3.8) is 0 Å². The maximum atomic E-state index is 12.9. The number of thiophene rings is 1.